The topological polar surface area (TPSA) is 110 Å². The first-order valence-electron chi connectivity index (χ1n) is 17.8. The van der Waals surface area contributed by atoms with Gasteiger partial charge in [0.25, 0.3) is 11.8 Å². The predicted octanol–water partition coefficient (Wildman–Crippen LogP) is 4.23. The molecule has 0 bridgehead atoms. The fourth-order valence-electron chi connectivity index (χ4n) is 8.31. The highest BCUT2D eigenvalue weighted by Gasteiger charge is 2.38. The van der Waals surface area contributed by atoms with Crippen molar-refractivity contribution in [1.29, 1.82) is 0 Å². The number of anilines is 1. The van der Waals surface area contributed by atoms with E-state index in [9.17, 15) is 24.3 Å². The lowest BCUT2D eigenvalue weighted by atomic mass is 9.67. The van der Waals surface area contributed by atoms with E-state index in [2.05, 4.69) is 54.6 Å². The molecular weight excluding hydrogens is 689 g/mol. The van der Waals surface area contributed by atoms with Gasteiger partial charge in [-0.25, -0.2) is 9.37 Å². The van der Waals surface area contributed by atoms with Gasteiger partial charge in [0.05, 0.1) is 11.0 Å². The molecule has 0 radical (unpaired) electrons. The van der Waals surface area contributed by atoms with E-state index in [0.717, 1.165) is 91.3 Å². The van der Waals surface area contributed by atoms with Crippen molar-refractivity contribution in [2.45, 2.75) is 83.5 Å². The average Bonchev–Trinajstić information content (AvgIpc) is 3.40. The molecule has 0 saturated carbocycles. The molecule has 4 aliphatic rings. The van der Waals surface area contributed by atoms with Gasteiger partial charge in [0.2, 0.25) is 5.36 Å². The van der Waals surface area contributed by atoms with Crippen LogP contribution in [0.5, 0.6) is 0 Å². The number of hydrogen-bond donors (Lipinski definition) is 0. The molecule has 0 N–H and O–H groups in total. The van der Waals surface area contributed by atoms with Crippen molar-refractivity contribution in [1.82, 2.24) is 9.64 Å². The third kappa shape index (κ3) is 6.33. The third-order valence-electron chi connectivity index (χ3n) is 11.0. The summed E-state index contributed by atoms with van der Waals surface area (Å²) in [5, 5.41) is 15.8. The Labute approximate surface area is 307 Å². The molecule has 7 rings (SSSR count). The van der Waals surface area contributed by atoms with Crippen LogP contribution in [0.25, 0.3) is 5.57 Å². The maximum absolute atomic E-state index is 12.7. The lowest BCUT2D eigenvalue weighted by Gasteiger charge is -2.39. The molecule has 0 unspecified atom stereocenters. The molecule has 3 aromatic carbocycles. The lowest BCUT2D eigenvalue weighted by molar-refractivity contribution is -0.255. The van der Waals surface area contributed by atoms with Crippen LogP contribution in [0.2, 0.25) is 10.0 Å². The first-order chi connectivity index (χ1) is 24.4. The van der Waals surface area contributed by atoms with Crippen LogP contribution in [0, 0.1) is 0 Å². The predicted molar refractivity (Wildman–Crippen MR) is 193 cm³/mol. The van der Waals surface area contributed by atoms with E-state index >= 15 is 0 Å². The van der Waals surface area contributed by atoms with Crippen LogP contribution in [0.1, 0.15) is 109 Å². The van der Waals surface area contributed by atoms with Crippen molar-refractivity contribution in [3.8, 4) is 0 Å². The molecule has 1 saturated heterocycles. The van der Waals surface area contributed by atoms with Crippen molar-refractivity contribution in [2.24, 2.45) is 0 Å². The van der Waals surface area contributed by atoms with Crippen LogP contribution < -0.4 is 25.2 Å². The number of fused-ring (bicyclic) bond motifs is 4. The molecule has 1 aliphatic carbocycles. The number of benzene rings is 3. The molecule has 0 spiro atoms. The number of nitrogens with zero attached hydrogens (tertiary/aromatic N) is 3. The molecule has 3 aromatic rings. The first-order valence-corrected chi connectivity index (χ1v) is 18.6. The quantitative estimate of drug-likeness (QED) is 0.184. The number of unbranched alkanes of at least 4 members (excludes halogenated alkanes) is 2. The van der Waals surface area contributed by atoms with Crippen molar-refractivity contribution < 1.29 is 29.1 Å². The van der Waals surface area contributed by atoms with Gasteiger partial charge in [-0.2, -0.15) is 0 Å². The molecular formula is C40H41Cl2N3O6. The standard InChI is InChI=1S/C40H41Cl2N3O6/c1-40(2)27-21-31-23(9-7-16-43(31)3)19-25(27)36(37-29(41)12-13-30(42)38(37)39(49)50)26-20-24-10-8-18-44(32(24)22-28(26)40)17-6-4-5-11-35(48)51-45-33(46)14-15-34(45)47/h12-13,19-22H,4-11,14-18H2,1-3H3. The Hall–Kier alpha value is -4.21. The van der Waals surface area contributed by atoms with Crippen LogP contribution in [0.3, 0.4) is 0 Å². The smallest absolute Gasteiger partial charge is 0.333 e. The summed E-state index contributed by atoms with van der Waals surface area (Å²) in [5.41, 5.74) is 7.34. The molecule has 3 heterocycles. The van der Waals surface area contributed by atoms with Crippen molar-refractivity contribution in [2.75, 3.05) is 31.6 Å². The van der Waals surface area contributed by atoms with Gasteiger partial charge in [-0.1, -0.05) is 43.5 Å². The largest absolute Gasteiger partial charge is 0.545 e. The van der Waals surface area contributed by atoms with Crippen LogP contribution in [-0.4, -0.2) is 55.5 Å². The van der Waals surface area contributed by atoms with Gasteiger partial charge in [-0.05, 0) is 95.5 Å². The van der Waals surface area contributed by atoms with E-state index < -0.39 is 29.2 Å². The van der Waals surface area contributed by atoms with E-state index in [4.69, 9.17) is 28.0 Å². The van der Waals surface area contributed by atoms with E-state index in [1.165, 1.54) is 22.6 Å². The Morgan fingerprint density at radius 3 is 2.37 bits per heavy atom. The fourth-order valence-corrected chi connectivity index (χ4v) is 8.80. The number of halogens is 2. The Morgan fingerprint density at radius 1 is 0.902 bits per heavy atom. The normalized spacial score (nSPS) is 17.6. The van der Waals surface area contributed by atoms with E-state index in [1.807, 2.05) is 0 Å². The van der Waals surface area contributed by atoms with Crippen LogP contribution in [-0.2, 0) is 37.5 Å². The van der Waals surface area contributed by atoms with E-state index in [-0.39, 0.29) is 29.8 Å². The van der Waals surface area contributed by atoms with E-state index in [0.29, 0.717) is 22.1 Å². The van der Waals surface area contributed by atoms with Crippen LogP contribution >= 0.6 is 23.2 Å². The fraction of sp³-hybridized carbons (Fsp3) is 0.425. The Balaban J connectivity index is 1.25. The molecule has 0 aromatic heterocycles. The van der Waals surface area contributed by atoms with Crippen LogP contribution in [0.4, 0.5) is 5.69 Å². The number of carboxylic acids is 1. The number of hydrogen-bond acceptors (Lipinski definition) is 7. The van der Waals surface area contributed by atoms with Gasteiger partial charge in [0.1, 0.15) is 13.6 Å². The van der Waals surface area contributed by atoms with Crippen LogP contribution in [0.15, 0.2) is 36.4 Å². The Bertz CT molecular complexity index is 2130. The van der Waals surface area contributed by atoms with Gasteiger partial charge >= 0.3 is 5.97 Å². The number of aromatic carboxylic acids is 1. The zero-order chi connectivity index (χ0) is 36.2. The molecule has 11 heteroatoms. The molecule has 266 valence electrons. The zero-order valence-corrected chi connectivity index (χ0v) is 30.7. The average molecular weight is 731 g/mol. The van der Waals surface area contributed by atoms with Crippen molar-refractivity contribution >= 4 is 58.2 Å². The summed E-state index contributed by atoms with van der Waals surface area (Å²) in [4.78, 5) is 56.0. The number of carboxylic acid groups (broad SMARTS) is 1. The number of carbonyl (C=O) groups is 4. The van der Waals surface area contributed by atoms with Gasteiger partial charge in [-0.3, -0.25) is 9.59 Å². The summed E-state index contributed by atoms with van der Waals surface area (Å²) in [6, 6.07) is 12.2. The second kappa shape index (κ2) is 13.7. The van der Waals surface area contributed by atoms with Gasteiger partial charge in [0, 0.05) is 77.7 Å². The summed E-state index contributed by atoms with van der Waals surface area (Å²) in [5.74, 6) is -2.89. The zero-order valence-electron chi connectivity index (χ0n) is 29.2. The monoisotopic (exact) mass is 729 g/mol. The van der Waals surface area contributed by atoms with E-state index in [1.54, 1.807) is 6.07 Å². The summed E-state index contributed by atoms with van der Waals surface area (Å²) >= 11 is 13.5. The minimum Gasteiger partial charge on any atom is -0.545 e. The molecule has 9 nitrogen and oxygen atoms in total. The van der Waals surface area contributed by atoms with Gasteiger partial charge in [-0.15, -0.1) is 5.06 Å². The summed E-state index contributed by atoms with van der Waals surface area (Å²) < 4.78 is 2.29. The molecule has 3 aliphatic heterocycles. The first kappa shape index (κ1) is 35.2. The summed E-state index contributed by atoms with van der Waals surface area (Å²) in [7, 11) is 2.12. The second-order valence-electron chi connectivity index (χ2n) is 14.6. The highest BCUT2D eigenvalue weighted by Crippen LogP contribution is 2.46. The SMILES string of the molecule is C[N+]1=c2cc3c(cc2CCC1)=C(c1c(Cl)ccc(Cl)c1C(=O)[O-])c1cc2c(cc1C3(C)C)N(CCCCCC(=O)ON1C(=O)CCC1=O)CCC2. The maximum atomic E-state index is 12.7. The third-order valence-corrected chi connectivity index (χ3v) is 11.6. The van der Waals surface area contributed by atoms with Gasteiger partial charge in [0.15, 0.2) is 0 Å². The number of hydroxylamine groups is 2. The van der Waals surface area contributed by atoms with Gasteiger partial charge < -0.3 is 19.6 Å². The highest BCUT2D eigenvalue weighted by molar-refractivity contribution is 6.37. The Kier molecular flexibility index (Phi) is 9.48. The Morgan fingerprint density at radius 2 is 1.63 bits per heavy atom. The summed E-state index contributed by atoms with van der Waals surface area (Å²) in [6.45, 7) is 7.13. The number of rotatable bonds is 9. The number of amides is 2. The molecule has 0 atom stereocenters. The lowest BCUT2D eigenvalue weighted by Crippen LogP contribution is -2.42. The number of carbonyl (C=O) groups excluding carboxylic acids is 4. The maximum Gasteiger partial charge on any atom is 0.333 e. The number of aryl methyl sites for hydroxylation is 2. The minimum atomic E-state index is -1.37. The highest BCUT2D eigenvalue weighted by atomic mass is 35.5. The molecule has 51 heavy (non-hydrogen) atoms. The van der Waals surface area contributed by atoms with Crippen molar-refractivity contribution in [3.05, 3.63) is 96.0 Å². The second-order valence-corrected chi connectivity index (χ2v) is 15.4. The number of imide groups is 1. The van der Waals surface area contributed by atoms with Crippen molar-refractivity contribution in [3.63, 3.8) is 0 Å². The summed E-state index contributed by atoms with van der Waals surface area (Å²) in [6.07, 6.45) is 6.31. The molecule has 1 fully saturated rings. The molecule has 2 amide bonds. The minimum absolute atomic E-state index is 0.0736.